The lowest BCUT2D eigenvalue weighted by Gasteiger charge is -2.34. The predicted molar refractivity (Wildman–Crippen MR) is 93.8 cm³/mol. The molecule has 0 aliphatic carbocycles. The summed E-state index contributed by atoms with van der Waals surface area (Å²) in [4.78, 5) is 27.6. The molecule has 1 aromatic rings. The van der Waals surface area contributed by atoms with Gasteiger partial charge in [0.05, 0.1) is 0 Å². The molecule has 1 aromatic carbocycles. The molecule has 7 heteroatoms. The van der Waals surface area contributed by atoms with Gasteiger partial charge in [0, 0.05) is 32.2 Å². The first-order valence-corrected chi connectivity index (χ1v) is 8.75. The zero-order chi connectivity index (χ0) is 19.5. The van der Waals surface area contributed by atoms with Gasteiger partial charge in [0.15, 0.2) is 11.6 Å². The number of likely N-dealkylation sites (tertiary alicyclic amines) is 1. The normalized spacial score (nSPS) is 15.7. The highest BCUT2D eigenvalue weighted by molar-refractivity contribution is 5.94. The molecule has 144 valence electrons. The van der Waals surface area contributed by atoms with Gasteiger partial charge < -0.3 is 14.5 Å². The Labute approximate surface area is 152 Å². The van der Waals surface area contributed by atoms with E-state index >= 15 is 0 Å². The Morgan fingerprint density at radius 2 is 1.81 bits per heavy atom. The zero-order valence-corrected chi connectivity index (χ0v) is 15.7. The van der Waals surface area contributed by atoms with Gasteiger partial charge in [-0.15, -0.1) is 0 Å². The lowest BCUT2D eigenvalue weighted by atomic mass is 9.96. The molecule has 1 aliphatic heterocycles. The van der Waals surface area contributed by atoms with E-state index < -0.39 is 17.2 Å². The fraction of sp³-hybridized carbons (Fsp3) is 0.579. The molecule has 0 N–H and O–H groups in total. The molecule has 0 radical (unpaired) electrons. The molecule has 0 atom stereocenters. The van der Waals surface area contributed by atoms with E-state index in [2.05, 4.69) is 0 Å². The smallest absolute Gasteiger partial charge is 0.410 e. The third kappa shape index (κ3) is 5.41. The van der Waals surface area contributed by atoms with Crippen LogP contribution in [-0.4, -0.2) is 54.1 Å². The molecule has 2 rings (SSSR count). The number of ether oxygens (including phenoxy) is 1. The molecule has 5 nitrogen and oxygen atoms in total. The van der Waals surface area contributed by atoms with Gasteiger partial charge in [-0.05, 0) is 57.7 Å². The number of benzene rings is 1. The van der Waals surface area contributed by atoms with E-state index in [1.165, 1.54) is 11.0 Å². The number of nitrogens with zero attached hydrogens (tertiary/aromatic N) is 2. The van der Waals surface area contributed by atoms with Crippen LogP contribution in [0, 0.1) is 17.6 Å². The Morgan fingerprint density at radius 1 is 1.19 bits per heavy atom. The summed E-state index contributed by atoms with van der Waals surface area (Å²) < 4.78 is 31.7. The second-order valence-electron chi connectivity index (χ2n) is 7.73. The zero-order valence-electron chi connectivity index (χ0n) is 15.7. The van der Waals surface area contributed by atoms with E-state index in [9.17, 15) is 18.4 Å². The van der Waals surface area contributed by atoms with Crippen LogP contribution in [0.2, 0.25) is 0 Å². The first kappa shape index (κ1) is 20.1. The third-order valence-electron chi connectivity index (χ3n) is 4.31. The van der Waals surface area contributed by atoms with Crippen molar-refractivity contribution >= 4 is 12.0 Å². The number of carbonyl (C=O) groups excluding carboxylic acids is 2. The minimum atomic E-state index is -1.03. The number of hydrogen-bond acceptors (Lipinski definition) is 3. The number of amides is 2. The molecule has 2 amide bonds. The SMILES string of the molecule is CN(CC1CCN(C(=O)OC(C)(C)C)CC1)C(=O)c1ccc(F)c(F)c1. The first-order chi connectivity index (χ1) is 12.1. The Balaban J connectivity index is 1.85. The largest absolute Gasteiger partial charge is 0.444 e. The highest BCUT2D eigenvalue weighted by Crippen LogP contribution is 2.21. The van der Waals surface area contributed by atoms with Gasteiger partial charge >= 0.3 is 6.09 Å². The van der Waals surface area contributed by atoms with Gasteiger partial charge in [-0.3, -0.25) is 4.79 Å². The van der Waals surface area contributed by atoms with E-state index in [0.29, 0.717) is 19.6 Å². The van der Waals surface area contributed by atoms with Gasteiger partial charge in [-0.25, -0.2) is 13.6 Å². The maximum atomic E-state index is 13.3. The monoisotopic (exact) mass is 368 g/mol. The van der Waals surface area contributed by atoms with Crippen molar-refractivity contribution in [1.29, 1.82) is 0 Å². The Morgan fingerprint density at radius 3 is 2.35 bits per heavy atom. The minimum Gasteiger partial charge on any atom is -0.444 e. The maximum absolute atomic E-state index is 13.3. The molecular formula is C19H26F2N2O3. The lowest BCUT2D eigenvalue weighted by Crippen LogP contribution is -2.44. The number of carbonyl (C=O) groups is 2. The first-order valence-electron chi connectivity index (χ1n) is 8.75. The number of halogens is 2. The summed E-state index contributed by atoms with van der Waals surface area (Å²) in [6.45, 7) is 7.14. The van der Waals surface area contributed by atoms with Crippen molar-refractivity contribution in [2.24, 2.45) is 5.92 Å². The molecule has 0 bridgehead atoms. The summed E-state index contributed by atoms with van der Waals surface area (Å²) in [5.74, 6) is -2.11. The standard InChI is InChI=1S/C19H26F2N2O3/c1-19(2,3)26-18(25)23-9-7-13(8-10-23)12-22(4)17(24)14-5-6-15(20)16(21)11-14/h5-6,11,13H,7-10,12H2,1-4H3. The van der Waals surface area contributed by atoms with Crippen LogP contribution in [0.25, 0.3) is 0 Å². The molecular weight excluding hydrogens is 342 g/mol. The molecule has 1 fully saturated rings. The predicted octanol–water partition coefficient (Wildman–Crippen LogP) is 3.68. The number of rotatable bonds is 3. The van der Waals surface area contributed by atoms with Gasteiger partial charge in [0.25, 0.3) is 5.91 Å². The van der Waals surface area contributed by atoms with Gasteiger partial charge in [-0.1, -0.05) is 0 Å². The number of piperidine rings is 1. The van der Waals surface area contributed by atoms with E-state index in [-0.39, 0.29) is 23.5 Å². The van der Waals surface area contributed by atoms with Crippen molar-refractivity contribution in [2.45, 2.75) is 39.2 Å². The highest BCUT2D eigenvalue weighted by atomic mass is 19.2. The summed E-state index contributed by atoms with van der Waals surface area (Å²) in [6.07, 6.45) is 1.20. The highest BCUT2D eigenvalue weighted by Gasteiger charge is 2.28. The molecule has 0 aromatic heterocycles. The third-order valence-corrected chi connectivity index (χ3v) is 4.31. The van der Waals surface area contributed by atoms with Crippen molar-refractivity contribution in [1.82, 2.24) is 9.80 Å². The molecule has 0 spiro atoms. The molecule has 1 saturated heterocycles. The van der Waals surface area contributed by atoms with E-state index in [0.717, 1.165) is 25.0 Å². The molecule has 1 aliphatic rings. The second-order valence-corrected chi connectivity index (χ2v) is 7.73. The minimum absolute atomic E-state index is 0.123. The Kier molecular flexibility index (Phi) is 6.21. The van der Waals surface area contributed by atoms with Crippen molar-refractivity contribution < 1.29 is 23.1 Å². The van der Waals surface area contributed by atoms with Crippen LogP contribution in [0.1, 0.15) is 44.0 Å². The van der Waals surface area contributed by atoms with Crippen molar-refractivity contribution in [2.75, 3.05) is 26.7 Å². The topological polar surface area (TPSA) is 49.9 Å². The van der Waals surface area contributed by atoms with Crippen LogP contribution in [0.15, 0.2) is 18.2 Å². The summed E-state index contributed by atoms with van der Waals surface area (Å²) in [6, 6.07) is 3.15. The Hall–Kier alpha value is -2.18. The lowest BCUT2D eigenvalue weighted by molar-refractivity contribution is 0.0171. The van der Waals surface area contributed by atoms with Crippen molar-refractivity contribution in [3.63, 3.8) is 0 Å². The van der Waals surface area contributed by atoms with Crippen LogP contribution in [-0.2, 0) is 4.74 Å². The van der Waals surface area contributed by atoms with Crippen molar-refractivity contribution in [3.05, 3.63) is 35.4 Å². The fourth-order valence-corrected chi connectivity index (χ4v) is 2.94. The van der Waals surface area contributed by atoms with Crippen LogP contribution >= 0.6 is 0 Å². The van der Waals surface area contributed by atoms with Gasteiger partial charge in [0.2, 0.25) is 0 Å². The molecule has 1 heterocycles. The van der Waals surface area contributed by atoms with Gasteiger partial charge in [0.1, 0.15) is 5.60 Å². The molecule has 0 unspecified atom stereocenters. The quantitative estimate of drug-likeness (QED) is 0.818. The summed E-state index contributed by atoms with van der Waals surface area (Å²) in [5, 5.41) is 0. The summed E-state index contributed by atoms with van der Waals surface area (Å²) in [5.41, 5.74) is -0.400. The van der Waals surface area contributed by atoms with E-state index in [4.69, 9.17) is 4.74 Å². The maximum Gasteiger partial charge on any atom is 0.410 e. The fourth-order valence-electron chi connectivity index (χ4n) is 2.94. The van der Waals surface area contributed by atoms with Crippen molar-refractivity contribution in [3.8, 4) is 0 Å². The molecule has 0 saturated carbocycles. The second kappa shape index (κ2) is 8.01. The molecule has 26 heavy (non-hydrogen) atoms. The van der Waals surface area contributed by atoms with Gasteiger partial charge in [-0.2, -0.15) is 0 Å². The average Bonchev–Trinajstić information content (AvgIpc) is 2.55. The van der Waals surface area contributed by atoms with E-state index in [1.54, 1.807) is 11.9 Å². The van der Waals surface area contributed by atoms with Crippen LogP contribution in [0.4, 0.5) is 13.6 Å². The average molecular weight is 368 g/mol. The summed E-state index contributed by atoms with van der Waals surface area (Å²) >= 11 is 0. The summed E-state index contributed by atoms with van der Waals surface area (Å²) in [7, 11) is 1.64. The van der Waals surface area contributed by atoms with E-state index in [1.807, 2.05) is 20.8 Å². The number of hydrogen-bond donors (Lipinski definition) is 0. The van der Waals surface area contributed by atoms with Crippen LogP contribution in [0.5, 0.6) is 0 Å². The van der Waals surface area contributed by atoms with Crippen LogP contribution < -0.4 is 0 Å². The Bertz CT molecular complexity index is 665. The van der Waals surface area contributed by atoms with Crippen LogP contribution in [0.3, 0.4) is 0 Å².